The van der Waals surface area contributed by atoms with Crippen molar-refractivity contribution in [2.24, 2.45) is 7.05 Å². The molecule has 1 aliphatic rings. The number of nitrogens with one attached hydrogen (secondary N) is 1. The molecule has 1 N–H and O–H groups in total. The number of nitrogens with zero attached hydrogens (tertiary/aromatic N) is 6. The quantitative estimate of drug-likeness (QED) is 0.725. The van der Waals surface area contributed by atoms with Gasteiger partial charge in [0.15, 0.2) is 0 Å². The Morgan fingerprint density at radius 2 is 2.11 bits per heavy atom. The fourth-order valence-electron chi connectivity index (χ4n) is 3.39. The highest BCUT2D eigenvalue weighted by Crippen LogP contribution is 2.24. The van der Waals surface area contributed by atoms with Gasteiger partial charge in [0, 0.05) is 51.3 Å². The van der Waals surface area contributed by atoms with Gasteiger partial charge in [0.25, 0.3) is 5.91 Å². The lowest BCUT2D eigenvalue weighted by molar-refractivity contribution is 0.0931. The minimum atomic E-state index is -0.470. The predicted molar refractivity (Wildman–Crippen MR) is 102 cm³/mol. The summed E-state index contributed by atoms with van der Waals surface area (Å²) in [6.45, 7) is 1.48. The van der Waals surface area contributed by atoms with Gasteiger partial charge < -0.3 is 15.0 Å². The smallest absolute Gasteiger partial charge is 0.253 e. The summed E-state index contributed by atoms with van der Waals surface area (Å²) in [7, 11) is 3.26. The summed E-state index contributed by atoms with van der Waals surface area (Å²) in [6.07, 6.45) is 2.99. The van der Waals surface area contributed by atoms with E-state index in [4.69, 9.17) is 4.74 Å². The first-order valence-electron chi connectivity index (χ1n) is 8.96. The molecule has 148 valence electrons. The normalized spacial score (nSPS) is 15.0. The van der Waals surface area contributed by atoms with Crippen LogP contribution in [0.3, 0.4) is 0 Å². The Bertz CT molecular complexity index is 1020. The number of carbonyl (C=O) groups is 1. The van der Waals surface area contributed by atoms with Gasteiger partial charge in [-0.3, -0.25) is 9.78 Å². The van der Waals surface area contributed by atoms with E-state index < -0.39 is 5.82 Å². The predicted octanol–water partition coefficient (Wildman–Crippen LogP) is 1.55. The molecule has 1 fully saturated rings. The Morgan fingerprint density at radius 3 is 2.79 bits per heavy atom. The van der Waals surface area contributed by atoms with Crippen LogP contribution in [-0.2, 0) is 7.05 Å². The lowest BCUT2D eigenvalue weighted by atomic mass is 10.0. The molecular formula is C18H22FN7O2. The zero-order valence-electron chi connectivity index (χ0n) is 15.6. The number of carbonyl (C=O) groups excluding carboxylic acids is 1. The van der Waals surface area contributed by atoms with Gasteiger partial charge in [-0.15, -0.1) is 0 Å². The molecule has 1 saturated heterocycles. The van der Waals surface area contributed by atoms with Gasteiger partial charge in [0.1, 0.15) is 11.6 Å². The number of rotatable bonds is 4. The number of tetrazole rings is 1. The van der Waals surface area contributed by atoms with E-state index in [-0.39, 0.29) is 18.8 Å². The lowest BCUT2D eigenvalue weighted by Crippen LogP contribution is -2.45. The van der Waals surface area contributed by atoms with Crippen molar-refractivity contribution in [1.82, 2.24) is 30.5 Å². The average Bonchev–Trinajstić information content (AvgIpc) is 3.14. The number of fused-ring (bicyclic) bond motifs is 1. The molecule has 28 heavy (non-hydrogen) atoms. The number of aryl methyl sites for hydroxylation is 1. The summed E-state index contributed by atoms with van der Waals surface area (Å²) in [6, 6.07) is 4.47. The van der Waals surface area contributed by atoms with Crippen LogP contribution >= 0.6 is 0 Å². The van der Waals surface area contributed by atoms with Crippen LogP contribution in [0.25, 0.3) is 10.9 Å². The third-order valence-electron chi connectivity index (χ3n) is 4.93. The van der Waals surface area contributed by atoms with E-state index in [0.717, 1.165) is 31.9 Å². The molecule has 9 nitrogen and oxygen atoms in total. The highest BCUT2D eigenvalue weighted by atomic mass is 19.1. The first kappa shape index (κ1) is 18.1. The number of benzene rings is 1. The topological polar surface area (TPSA) is 98.1 Å². The molecule has 10 heteroatoms. The van der Waals surface area contributed by atoms with Gasteiger partial charge in [-0.2, -0.15) is 0 Å². The van der Waals surface area contributed by atoms with Crippen LogP contribution in [0.15, 0.2) is 24.4 Å². The molecule has 4 rings (SSSR count). The highest BCUT2D eigenvalue weighted by Gasteiger charge is 2.24. The van der Waals surface area contributed by atoms with E-state index in [1.165, 1.54) is 25.4 Å². The van der Waals surface area contributed by atoms with Gasteiger partial charge in [-0.25, -0.2) is 9.07 Å². The monoisotopic (exact) mass is 387 g/mol. The van der Waals surface area contributed by atoms with E-state index in [1.54, 1.807) is 17.8 Å². The van der Waals surface area contributed by atoms with E-state index in [0.29, 0.717) is 16.8 Å². The number of pyridine rings is 1. The van der Waals surface area contributed by atoms with Gasteiger partial charge >= 0.3 is 0 Å². The summed E-state index contributed by atoms with van der Waals surface area (Å²) in [5.41, 5.74) is 0.774. The second kappa shape index (κ2) is 7.37. The van der Waals surface area contributed by atoms with Crippen molar-refractivity contribution in [3.05, 3.63) is 35.8 Å². The second-order valence-electron chi connectivity index (χ2n) is 6.74. The molecule has 0 spiro atoms. The fraction of sp³-hybridized carbons (Fsp3) is 0.389. The van der Waals surface area contributed by atoms with E-state index in [2.05, 4.69) is 30.7 Å². The van der Waals surface area contributed by atoms with Crippen molar-refractivity contribution in [3.8, 4) is 5.75 Å². The molecule has 0 radical (unpaired) electrons. The zero-order chi connectivity index (χ0) is 19.7. The van der Waals surface area contributed by atoms with E-state index >= 15 is 0 Å². The molecule has 1 amide bonds. The molecule has 0 unspecified atom stereocenters. The Balaban J connectivity index is 0.00000240. The van der Waals surface area contributed by atoms with E-state index in [1.807, 2.05) is 0 Å². The molecular weight excluding hydrogens is 365 g/mol. The van der Waals surface area contributed by atoms with Crippen LogP contribution < -0.4 is 15.0 Å². The van der Waals surface area contributed by atoms with Crippen LogP contribution in [0.1, 0.15) is 24.6 Å². The van der Waals surface area contributed by atoms with Crippen molar-refractivity contribution in [2.45, 2.75) is 18.9 Å². The number of amides is 1. The summed E-state index contributed by atoms with van der Waals surface area (Å²) in [4.78, 5) is 18.9. The molecule has 0 aliphatic carbocycles. The SMILES string of the molecule is COc1cc(F)c2cc(C(=O)NC3CCN(c4nnnn4C)CC3)cnc2c1.[HH]. The molecule has 2 aromatic heterocycles. The lowest BCUT2D eigenvalue weighted by Gasteiger charge is -2.32. The number of ether oxygens (including phenoxy) is 1. The van der Waals surface area contributed by atoms with E-state index in [9.17, 15) is 9.18 Å². The second-order valence-corrected chi connectivity index (χ2v) is 6.74. The van der Waals surface area contributed by atoms with Gasteiger partial charge in [-0.1, -0.05) is 5.10 Å². The Labute approximate surface area is 162 Å². The largest absolute Gasteiger partial charge is 0.497 e. The average molecular weight is 387 g/mol. The third-order valence-corrected chi connectivity index (χ3v) is 4.93. The maximum absolute atomic E-state index is 14.3. The third kappa shape index (κ3) is 3.45. The van der Waals surface area contributed by atoms with Crippen molar-refractivity contribution < 1.29 is 15.3 Å². The minimum Gasteiger partial charge on any atom is -0.497 e. The number of piperidine rings is 1. The summed E-state index contributed by atoms with van der Waals surface area (Å²) in [5, 5.41) is 14.8. The summed E-state index contributed by atoms with van der Waals surface area (Å²) in [5.74, 6) is 0.375. The number of halogens is 1. The first-order valence-corrected chi connectivity index (χ1v) is 8.96. The maximum Gasteiger partial charge on any atom is 0.253 e. The molecule has 0 saturated carbocycles. The van der Waals surface area contributed by atoms with Crippen molar-refractivity contribution in [2.75, 3.05) is 25.1 Å². The molecule has 3 heterocycles. The number of anilines is 1. The number of hydrogen-bond acceptors (Lipinski definition) is 7. The van der Waals surface area contributed by atoms with Crippen LogP contribution in [0, 0.1) is 5.82 Å². The van der Waals surface area contributed by atoms with Crippen molar-refractivity contribution in [3.63, 3.8) is 0 Å². The van der Waals surface area contributed by atoms with Crippen LogP contribution in [0.4, 0.5) is 10.3 Å². The van der Waals surface area contributed by atoms with Crippen molar-refractivity contribution >= 4 is 22.8 Å². The molecule has 0 atom stereocenters. The fourth-order valence-corrected chi connectivity index (χ4v) is 3.39. The van der Waals surface area contributed by atoms with Gasteiger partial charge in [0.2, 0.25) is 5.95 Å². The standard InChI is InChI=1S/C18H20FN7O2.H2/c1-25-18(22-23-24-25)26-5-3-12(4-6-26)21-17(27)11-7-14-15(19)8-13(28-2)9-16(14)20-10-11;/h7-10,12H,3-6H2,1-2H3,(H,21,27);1H. The minimum absolute atomic E-state index is 0. The molecule has 1 aromatic carbocycles. The number of aromatic nitrogens is 5. The Kier molecular flexibility index (Phi) is 4.76. The molecule has 1 aliphatic heterocycles. The first-order chi connectivity index (χ1) is 13.5. The van der Waals surface area contributed by atoms with Crippen molar-refractivity contribution in [1.29, 1.82) is 0 Å². The maximum atomic E-state index is 14.3. The Hall–Kier alpha value is -3.30. The molecule has 3 aromatic rings. The number of methoxy groups -OCH3 is 1. The summed E-state index contributed by atoms with van der Waals surface area (Å²) >= 11 is 0. The number of hydrogen-bond donors (Lipinski definition) is 1. The van der Waals surface area contributed by atoms with Gasteiger partial charge in [0.05, 0.1) is 18.2 Å². The highest BCUT2D eigenvalue weighted by molar-refractivity contribution is 5.97. The molecule has 0 bridgehead atoms. The van der Waals surface area contributed by atoms with Gasteiger partial charge in [-0.05, 0) is 29.3 Å². The summed E-state index contributed by atoms with van der Waals surface area (Å²) < 4.78 is 20.9. The van der Waals surface area contributed by atoms with Crippen LogP contribution in [0.5, 0.6) is 5.75 Å². The van der Waals surface area contributed by atoms with Crippen LogP contribution in [-0.4, -0.2) is 57.3 Å². The zero-order valence-corrected chi connectivity index (χ0v) is 15.6. The Morgan fingerprint density at radius 1 is 1.32 bits per heavy atom. The van der Waals surface area contributed by atoms with Crippen LogP contribution in [0.2, 0.25) is 0 Å².